The van der Waals surface area contributed by atoms with E-state index in [0.717, 1.165) is 25.9 Å². The summed E-state index contributed by atoms with van der Waals surface area (Å²) >= 11 is 0. The predicted octanol–water partition coefficient (Wildman–Crippen LogP) is 1.51. The summed E-state index contributed by atoms with van der Waals surface area (Å²) in [6, 6.07) is 5.08. The lowest BCUT2D eigenvalue weighted by Gasteiger charge is -2.31. The van der Waals surface area contributed by atoms with Gasteiger partial charge in [-0.2, -0.15) is 0 Å². The Balaban J connectivity index is 2.10. The zero-order chi connectivity index (χ0) is 13.1. The second kappa shape index (κ2) is 5.40. The summed E-state index contributed by atoms with van der Waals surface area (Å²) < 4.78 is 0. The van der Waals surface area contributed by atoms with Crippen molar-refractivity contribution in [3.8, 4) is 5.75 Å². The molecule has 0 aliphatic carbocycles. The van der Waals surface area contributed by atoms with Crippen LogP contribution in [0.5, 0.6) is 5.75 Å². The maximum Gasteiger partial charge on any atom is 0.254 e. The molecule has 1 aliphatic rings. The first-order chi connectivity index (χ1) is 8.63. The molecule has 18 heavy (non-hydrogen) atoms. The lowest BCUT2D eigenvalue weighted by atomic mass is 9.96. The van der Waals surface area contributed by atoms with E-state index in [1.165, 1.54) is 0 Å². The van der Waals surface area contributed by atoms with Gasteiger partial charge in [0.2, 0.25) is 0 Å². The molecule has 0 radical (unpaired) electrons. The Kier molecular flexibility index (Phi) is 3.87. The van der Waals surface area contributed by atoms with Gasteiger partial charge in [0.1, 0.15) is 5.75 Å². The summed E-state index contributed by atoms with van der Waals surface area (Å²) in [6.07, 6.45) is 1.94. The topological polar surface area (TPSA) is 66.6 Å². The summed E-state index contributed by atoms with van der Waals surface area (Å²) in [5.74, 6) is 0.732. The van der Waals surface area contributed by atoms with Crippen LogP contribution in [-0.2, 0) is 0 Å². The quantitative estimate of drug-likeness (QED) is 0.833. The highest BCUT2D eigenvalue weighted by Crippen LogP contribution is 2.23. The third-order valence-corrected chi connectivity index (χ3v) is 3.77. The van der Waals surface area contributed by atoms with Crippen LogP contribution in [0.15, 0.2) is 18.2 Å². The van der Waals surface area contributed by atoms with Crippen LogP contribution in [0.4, 0.5) is 0 Å². The van der Waals surface area contributed by atoms with Gasteiger partial charge in [-0.25, -0.2) is 0 Å². The molecule has 1 saturated heterocycles. The molecular weight excluding hydrogens is 228 g/mol. The number of nitrogens with two attached hydrogens (primary N) is 1. The van der Waals surface area contributed by atoms with Gasteiger partial charge in [0.15, 0.2) is 0 Å². The van der Waals surface area contributed by atoms with E-state index in [4.69, 9.17) is 5.73 Å². The molecule has 4 nitrogen and oxygen atoms in total. The lowest BCUT2D eigenvalue weighted by molar-refractivity contribution is 0.0692. The number of carbonyl (C=O) groups excluding carboxylic acids is 1. The van der Waals surface area contributed by atoms with E-state index in [1.54, 1.807) is 25.1 Å². The number of likely N-dealkylation sites (tertiary alicyclic amines) is 1. The number of hydrogen-bond acceptors (Lipinski definition) is 3. The molecule has 0 unspecified atom stereocenters. The molecule has 1 aromatic rings. The average molecular weight is 248 g/mol. The largest absolute Gasteiger partial charge is 0.508 e. The Labute approximate surface area is 107 Å². The molecule has 4 heteroatoms. The third-order valence-electron chi connectivity index (χ3n) is 3.77. The van der Waals surface area contributed by atoms with E-state index >= 15 is 0 Å². The molecule has 1 amide bonds. The highest BCUT2D eigenvalue weighted by molar-refractivity contribution is 5.96. The second-order valence-electron chi connectivity index (χ2n) is 4.92. The van der Waals surface area contributed by atoms with E-state index < -0.39 is 0 Å². The first kappa shape index (κ1) is 12.9. The Bertz CT molecular complexity index is 437. The number of rotatable bonds is 2. The van der Waals surface area contributed by atoms with Gasteiger partial charge in [-0.05, 0) is 44.4 Å². The molecule has 0 saturated carbocycles. The van der Waals surface area contributed by atoms with Crippen LogP contribution in [0.25, 0.3) is 0 Å². The zero-order valence-corrected chi connectivity index (χ0v) is 10.7. The molecule has 0 bridgehead atoms. The average Bonchev–Trinajstić information content (AvgIpc) is 2.41. The van der Waals surface area contributed by atoms with Crippen LogP contribution in [0.3, 0.4) is 0 Å². The van der Waals surface area contributed by atoms with Crippen molar-refractivity contribution in [2.24, 2.45) is 11.7 Å². The third kappa shape index (κ3) is 2.48. The van der Waals surface area contributed by atoms with Gasteiger partial charge in [0.25, 0.3) is 5.91 Å². The van der Waals surface area contributed by atoms with Crippen molar-refractivity contribution in [2.75, 3.05) is 19.6 Å². The van der Waals surface area contributed by atoms with Crippen molar-refractivity contribution in [3.63, 3.8) is 0 Å². The Morgan fingerprint density at radius 1 is 1.44 bits per heavy atom. The minimum absolute atomic E-state index is 0.0128. The van der Waals surface area contributed by atoms with Crippen LogP contribution < -0.4 is 5.73 Å². The number of piperidine rings is 1. The van der Waals surface area contributed by atoms with Gasteiger partial charge < -0.3 is 15.7 Å². The fraction of sp³-hybridized carbons (Fsp3) is 0.500. The van der Waals surface area contributed by atoms with Crippen LogP contribution in [-0.4, -0.2) is 35.5 Å². The van der Waals surface area contributed by atoms with Crippen molar-refractivity contribution in [3.05, 3.63) is 29.3 Å². The molecule has 0 aromatic heterocycles. The first-order valence-electron chi connectivity index (χ1n) is 6.41. The highest BCUT2D eigenvalue weighted by atomic mass is 16.3. The summed E-state index contributed by atoms with van der Waals surface area (Å²) in [6.45, 7) is 3.99. The molecule has 1 aliphatic heterocycles. The number of aromatic hydroxyl groups is 1. The fourth-order valence-electron chi connectivity index (χ4n) is 2.40. The number of hydrogen-bond donors (Lipinski definition) is 2. The van der Waals surface area contributed by atoms with Gasteiger partial charge in [-0.1, -0.05) is 6.07 Å². The molecule has 1 heterocycles. The normalized spacial score (nSPS) is 16.9. The molecule has 3 N–H and O–H groups in total. The minimum atomic E-state index is 0.0128. The van der Waals surface area contributed by atoms with E-state index in [1.807, 2.05) is 4.90 Å². The van der Waals surface area contributed by atoms with E-state index in [0.29, 0.717) is 23.6 Å². The number of carbonyl (C=O) groups is 1. The van der Waals surface area contributed by atoms with E-state index in [2.05, 4.69) is 0 Å². The van der Waals surface area contributed by atoms with Gasteiger partial charge in [-0.3, -0.25) is 4.79 Å². The summed E-state index contributed by atoms with van der Waals surface area (Å²) in [5, 5.41) is 9.64. The Morgan fingerprint density at radius 3 is 2.72 bits per heavy atom. The van der Waals surface area contributed by atoms with Crippen LogP contribution >= 0.6 is 0 Å². The van der Waals surface area contributed by atoms with E-state index in [-0.39, 0.29) is 11.7 Å². The number of phenolic OH excluding ortho intramolecular Hbond substituents is 1. The summed E-state index contributed by atoms with van der Waals surface area (Å²) in [4.78, 5) is 14.2. The van der Waals surface area contributed by atoms with E-state index in [9.17, 15) is 9.90 Å². The van der Waals surface area contributed by atoms with Crippen LogP contribution in [0, 0.1) is 12.8 Å². The van der Waals surface area contributed by atoms with Crippen molar-refractivity contribution >= 4 is 5.91 Å². The van der Waals surface area contributed by atoms with Gasteiger partial charge in [-0.15, -0.1) is 0 Å². The summed E-state index contributed by atoms with van der Waals surface area (Å²) in [7, 11) is 0. The van der Waals surface area contributed by atoms with Gasteiger partial charge >= 0.3 is 0 Å². The van der Waals surface area contributed by atoms with Crippen molar-refractivity contribution in [1.29, 1.82) is 0 Å². The lowest BCUT2D eigenvalue weighted by Crippen LogP contribution is -2.40. The van der Waals surface area contributed by atoms with Crippen molar-refractivity contribution < 1.29 is 9.90 Å². The smallest absolute Gasteiger partial charge is 0.254 e. The monoisotopic (exact) mass is 248 g/mol. The zero-order valence-electron chi connectivity index (χ0n) is 10.7. The Hall–Kier alpha value is -1.55. The SMILES string of the molecule is Cc1c(O)cccc1C(=O)N1CCC(CN)CC1. The number of nitrogens with zero attached hydrogens (tertiary/aromatic N) is 1. The van der Waals surface area contributed by atoms with Crippen LogP contribution in [0.2, 0.25) is 0 Å². The van der Waals surface area contributed by atoms with Crippen molar-refractivity contribution in [1.82, 2.24) is 4.90 Å². The maximum absolute atomic E-state index is 12.4. The molecule has 1 fully saturated rings. The molecule has 0 atom stereocenters. The fourth-order valence-corrected chi connectivity index (χ4v) is 2.40. The Morgan fingerprint density at radius 2 is 2.11 bits per heavy atom. The van der Waals surface area contributed by atoms with Crippen LogP contribution in [0.1, 0.15) is 28.8 Å². The predicted molar refractivity (Wildman–Crippen MR) is 70.5 cm³/mol. The maximum atomic E-state index is 12.4. The van der Waals surface area contributed by atoms with Gasteiger partial charge in [0.05, 0.1) is 0 Å². The molecular formula is C14H20N2O2. The van der Waals surface area contributed by atoms with Gasteiger partial charge in [0, 0.05) is 24.2 Å². The number of benzene rings is 1. The minimum Gasteiger partial charge on any atom is -0.508 e. The number of phenols is 1. The molecule has 2 rings (SSSR count). The number of amides is 1. The highest BCUT2D eigenvalue weighted by Gasteiger charge is 2.24. The second-order valence-corrected chi connectivity index (χ2v) is 4.92. The molecule has 98 valence electrons. The van der Waals surface area contributed by atoms with Crippen molar-refractivity contribution in [2.45, 2.75) is 19.8 Å². The molecule has 0 spiro atoms. The summed E-state index contributed by atoms with van der Waals surface area (Å²) in [5.41, 5.74) is 6.90. The molecule has 1 aromatic carbocycles. The first-order valence-corrected chi connectivity index (χ1v) is 6.41. The standard InChI is InChI=1S/C14H20N2O2/c1-10-12(3-2-4-13(10)17)14(18)16-7-5-11(9-15)6-8-16/h2-4,11,17H,5-9,15H2,1H3.